The first-order valence-electron chi connectivity index (χ1n) is 7.60. The van der Waals surface area contributed by atoms with Gasteiger partial charge in [0, 0.05) is 43.8 Å². The molecule has 0 aliphatic rings. The molecule has 4 aromatic rings. The third-order valence-corrected chi connectivity index (χ3v) is 4.01. The lowest BCUT2D eigenvalue weighted by atomic mass is 10.2. The van der Waals surface area contributed by atoms with E-state index in [0.717, 1.165) is 16.8 Å². The molecule has 0 spiro atoms. The molecule has 0 saturated carbocycles. The predicted molar refractivity (Wildman–Crippen MR) is 90.9 cm³/mol. The van der Waals surface area contributed by atoms with E-state index in [9.17, 15) is 4.79 Å². The van der Waals surface area contributed by atoms with Crippen LogP contribution in [0.1, 0.15) is 16.1 Å². The fraction of sp³-hybridized carbons (Fsp3) is 0.111. The number of hydrogen-bond acceptors (Lipinski definition) is 3. The molecule has 1 amide bonds. The first-order chi connectivity index (χ1) is 11.7. The van der Waals surface area contributed by atoms with Gasteiger partial charge in [0.2, 0.25) is 0 Å². The van der Waals surface area contributed by atoms with Crippen LogP contribution < -0.4 is 5.32 Å². The van der Waals surface area contributed by atoms with E-state index >= 15 is 0 Å². The van der Waals surface area contributed by atoms with Gasteiger partial charge < -0.3 is 18.9 Å². The molecule has 6 heteroatoms. The molecule has 6 nitrogen and oxygen atoms in total. The molecule has 1 N–H and O–H groups in total. The number of rotatable bonds is 4. The van der Waals surface area contributed by atoms with E-state index in [2.05, 4.69) is 10.3 Å². The summed E-state index contributed by atoms with van der Waals surface area (Å²) in [6.45, 7) is 0.709. The molecule has 0 saturated heterocycles. The van der Waals surface area contributed by atoms with Crippen LogP contribution in [0.4, 0.5) is 5.69 Å². The molecule has 0 radical (unpaired) electrons. The summed E-state index contributed by atoms with van der Waals surface area (Å²) in [6.07, 6.45) is 7.04. The van der Waals surface area contributed by atoms with Gasteiger partial charge in [0.1, 0.15) is 5.69 Å². The molecule has 4 rings (SSSR count). The van der Waals surface area contributed by atoms with E-state index in [1.807, 2.05) is 52.7 Å². The van der Waals surface area contributed by atoms with Crippen molar-refractivity contribution >= 4 is 22.7 Å². The van der Waals surface area contributed by atoms with E-state index in [4.69, 9.17) is 4.42 Å². The SMILES string of the molecule is Cn1c(C(=O)Nc2cccc(Cn3ccnc3)c2)cc2occc21. The van der Waals surface area contributed by atoms with Crippen LogP contribution in [0.25, 0.3) is 11.1 Å². The third kappa shape index (κ3) is 2.58. The van der Waals surface area contributed by atoms with Gasteiger partial charge in [-0.3, -0.25) is 4.79 Å². The van der Waals surface area contributed by atoms with Crippen LogP contribution in [0.5, 0.6) is 0 Å². The van der Waals surface area contributed by atoms with Crippen LogP contribution in [0.3, 0.4) is 0 Å². The maximum atomic E-state index is 12.5. The van der Waals surface area contributed by atoms with Crippen LogP contribution in [0.2, 0.25) is 0 Å². The summed E-state index contributed by atoms with van der Waals surface area (Å²) in [5.41, 5.74) is 4.01. The fourth-order valence-electron chi connectivity index (χ4n) is 2.80. The number of amides is 1. The van der Waals surface area contributed by atoms with Crippen LogP contribution in [-0.2, 0) is 13.6 Å². The molecule has 3 heterocycles. The minimum Gasteiger partial charge on any atom is -0.463 e. The van der Waals surface area contributed by atoms with Gasteiger partial charge >= 0.3 is 0 Å². The van der Waals surface area contributed by atoms with Gasteiger partial charge in [0.15, 0.2) is 5.58 Å². The van der Waals surface area contributed by atoms with Crippen LogP contribution in [0, 0.1) is 0 Å². The van der Waals surface area contributed by atoms with Crippen molar-refractivity contribution in [2.45, 2.75) is 6.54 Å². The zero-order valence-electron chi connectivity index (χ0n) is 13.1. The summed E-state index contributed by atoms with van der Waals surface area (Å²) in [6, 6.07) is 11.4. The first kappa shape index (κ1) is 14.3. The topological polar surface area (TPSA) is 65.0 Å². The highest BCUT2D eigenvalue weighted by Gasteiger charge is 2.15. The summed E-state index contributed by atoms with van der Waals surface area (Å²) in [5, 5.41) is 2.94. The van der Waals surface area contributed by atoms with Crippen LogP contribution >= 0.6 is 0 Å². The predicted octanol–water partition coefficient (Wildman–Crippen LogP) is 3.27. The molecule has 24 heavy (non-hydrogen) atoms. The maximum Gasteiger partial charge on any atom is 0.272 e. The number of imidazole rings is 1. The molecule has 1 aromatic carbocycles. The van der Waals surface area contributed by atoms with E-state index < -0.39 is 0 Å². The molecule has 3 aromatic heterocycles. The van der Waals surface area contributed by atoms with Gasteiger partial charge in [-0.2, -0.15) is 0 Å². The van der Waals surface area contributed by atoms with Gasteiger partial charge in [-0.15, -0.1) is 0 Å². The minimum atomic E-state index is -0.163. The number of carbonyl (C=O) groups excluding carboxylic acids is 1. The van der Waals surface area contributed by atoms with Gasteiger partial charge in [0.25, 0.3) is 5.91 Å². The normalized spacial score (nSPS) is 11.0. The highest BCUT2D eigenvalue weighted by Crippen LogP contribution is 2.21. The lowest BCUT2D eigenvalue weighted by Crippen LogP contribution is -2.15. The molecular weight excluding hydrogens is 304 g/mol. The average molecular weight is 320 g/mol. The molecule has 0 fully saturated rings. The average Bonchev–Trinajstić information content (AvgIpc) is 3.27. The smallest absolute Gasteiger partial charge is 0.272 e. The second-order valence-electron chi connectivity index (χ2n) is 5.65. The standard InChI is InChI=1S/C18H16N4O2/c1-21-15-5-8-24-17(15)10-16(21)18(23)20-14-4-2-3-13(9-14)11-22-7-6-19-12-22/h2-10,12H,11H2,1H3,(H,20,23). The Bertz CT molecular complexity index is 995. The maximum absolute atomic E-state index is 12.5. The number of benzene rings is 1. The number of nitrogens with one attached hydrogen (secondary N) is 1. The van der Waals surface area contributed by atoms with Gasteiger partial charge in [0.05, 0.1) is 18.1 Å². The fourth-order valence-corrected chi connectivity index (χ4v) is 2.80. The van der Waals surface area contributed by atoms with Gasteiger partial charge in [-0.05, 0) is 17.7 Å². The van der Waals surface area contributed by atoms with E-state index in [0.29, 0.717) is 17.8 Å². The molecule has 120 valence electrons. The molecule has 0 bridgehead atoms. The van der Waals surface area contributed by atoms with Crippen molar-refractivity contribution in [3.8, 4) is 0 Å². The Kier molecular flexibility index (Phi) is 3.42. The second-order valence-corrected chi connectivity index (χ2v) is 5.65. The van der Waals surface area contributed by atoms with E-state index in [-0.39, 0.29) is 5.91 Å². The summed E-state index contributed by atoms with van der Waals surface area (Å²) >= 11 is 0. The summed E-state index contributed by atoms with van der Waals surface area (Å²) in [4.78, 5) is 16.6. The first-order valence-corrected chi connectivity index (χ1v) is 7.60. The lowest BCUT2D eigenvalue weighted by Gasteiger charge is -2.09. The molecular formula is C18H16N4O2. The Morgan fingerprint density at radius 3 is 3.00 bits per heavy atom. The van der Waals surface area contributed by atoms with Crippen molar-refractivity contribution in [3.05, 3.63) is 72.6 Å². The van der Waals surface area contributed by atoms with E-state index in [1.54, 1.807) is 24.9 Å². The highest BCUT2D eigenvalue weighted by molar-refractivity contribution is 6.05. The monoisotopic (exact) mass is 320 g/mol. The van der Waals surface area contributed by atoms with Gasteiger partial charge in [-0.25, -0.2) is 4.98 Å². The van der Waals surface area contributed by atoms with Crippen molar-refractivity contribution in [1.82, 2.24) is 14.1 Å². The Morgan fingerprint density at radius 2 is 2.21 bits per heavy atom. The number of fused-ring (bicyclic) bond motifs is 1. The summed E-state index contributed by atoms with van der Waals surface area (Å²) in [7, 11) is 1.85. The molecule has 0 aliphatic carbocycles. The number of hydrogen-bond donors (Lipinski definition) is 1. The number of anilines is 1. The van der Waals surface area contributed by atoms with Crippen molar-refractivity contribution in [1.29, 1.82) is 0 Å². The number of furan rings is 1. The number of aromatic nitrogens is 3. The Balaban J connectivity index is 1.55. The largest absolute Gasteiger partial charge is 0.463 e. The number of carbonyl (C=O) groups is 1. The molecule has 0 atom stereocenters. The number of aryl methyl sites for hydroxylation is 1. The Labute approximate surface area is 138 Å². The summed E-state index contributed by atoms with van der Waals surface area (Å²) in [5.74, 6) is -0.163. The minimum absolute atomic E-state index is 0.163. The highest BCUT2D eigenvalue weighted by atomic mass is 16.3. The van der Waals surface area contributed by atoms with Crippen LogP contribution in [0.15, 0.2) is 65.8 Å². The lowest BCUT2D eigenvalue weighted by molar-refractivity contribution is 0.101. The second kappa shape index (κ2) is 5.73. The molecule has 0 aliphatic heterocycles. The Hall–Kier alpha value is -3.28. The van der Waals surface area contributed by atoms with Crippen LogP contribution in [-0.4, -0.2) is 20.0 Å². The van der Waals surface area contributed by atoms with Crippen molar-refractivity contribution < 1.29 is 9.21 Å². The van der Waals surface area contributed by atoms with E-state index in [1.165, 1.54) is 0 Å². The molecule has 0 unspecified atom stereocenters. The third-order valence-electron chi connectivity index (χ3n) is 4.01. The Morgan fingerprint density at radius 1 is 1.29 bits per heavy atom. The zero-order valence-corrected chi connectivity index (χ0v) is 13.1. The van der Waals surface area contributed by atoms with Gasteiger partial charge in [-0.1, -0.05) is 12.1 Å². The van der Waals surface area contributed by atoms with Crippen molar-refractivity contribution in [3.63, 3.8) is 0 Å². The van der Waals surface area contributed by atoms with Crippen molar-refractivity contribution in [2.24, 2.45) is 7.05 Å². The van der Waals surface area contributed by atoms with Crippen molar-refractivity contribution in [2.75, 3.05) is 5.32 Å². The summed E-state index contributed by atoms with van der Waals surface area (Å²) < 4.78 is 9.15. The zero-order chi connectivity index (χ0) is 16.5. The quantitative estimate of drug-likeness (QED) is 0.627. The number of nitrogens with zero attached hydrogens (tertiary/aromatic N) is 3.